The van der Waals surface area contributed by atoms with Crippen LogP contribution in [0.5, 0.6) is 0 Å². The van der Waals surface area contributed by atoms with Crippen LogP contribution >= 0.6 is 0 Å². The molecule has 0 unspecified atom stereocenters. The van der Waals surface area contributed by atoms with Gasteiger partial charge in [-0.05, 0) is 140 Å². The minimum absolute atomic E-state index is 1.07. The van der Waals surface area contributed by atoms with Crippen LogP contribution in [-0.4, -0.2) is 4.57 Å². The van der Waals surface area contributed by atoms with Crippen molar-refractivity contribution in [1.29, 1.82) is 0 Å². The summed E-state index contributed by atoms with van der Waals surface area (Å²) in [6.07, 6.45) is 0. The topological polar surface area (TPSA) is 8.17 Å². The third kappa shape index (κ3) is 7.26. The molecule has 2 heteroatoms. The van der Waals surface area contributed by atoms with Gasteiger partial charge in [-0.1, -0.05) is 200 Å². The van der Waals surface area contributed by atoms with Crippen molar-refractivity contribution >= 4 is 49.6 Å². The molecule has 11 aromatic carbocycles. The van der Waals surface area contributed by atoms with Crippen LogP contribution in [0.4, 0.5) is 17.1 Å². The standard InChI is InChI=1S/C65H46N2/c1-45-17-16-28-62-64(45)60-42-39-56(44-63(60)67(62)53-25-12-5-13-26-53)66(54-35-29-49(30-36-54)59-41-33-48-22-14-15-27-58(48)65(59)51-23-10-4-11-24-51)55-37-31-50(32-38-55)61-43-52(46-18-6-2-7-19-46)34-40-57(61)47-20-8-3-9-21-47/h2-44H,1H3. The Morgan fingerprint density at radius 2 is 0.851 bits per heavy atom. The molecule has 0 spiro atoms. The Bertz CT molecular complexity index is 3700. The van der Waals surface area contributed by atoms with Gasteiger partial charge < -0.3 is 9.47 Å². The van der Waals surface area contributed by atoms with Gasteiger partial charge in [-0.15, -0.1) is 0 Å². The van der Waals surface area contributed by atoms with E-state index in [0.717, 1.165) is 28.3 Å². The predicted molar refractivity (Wildman–Crippen MR) is 285 cm³/mol. The fourth-order valence-electron chi connectivity index (χ4n) is 10.1. The predicted octanol–water partition coefficient (Wildman–Crippen LogP) is 18.1. The molecule has 0 radical (unpaired) electrons. The van der Waals surface area contributed by atoms with Gasteiger partial charge in [0.25, 0.3) is 0 Å². The van der Waals surface area contributed by atoms with E-state index in [0.29, 0.717) is 0 Å². The molecule has 0 saturated carbocycles. The first-order chi connectivity index (χ1) is 33.2. The van der Waals surface area contributed by atoms with E-state index in [1.54, 1.807) is 0 Å². The molecule has 67 heavy (non-hydrogen) atoms. The number of hydrogen-bond donors (Lipinski definition) is 0. The number of nitrogens with zero attached hydrogens (tertiary/aromatic N) is 2. The average Bonchev–Trinajstić information content (AvgIpc) is 3.74. The Hall–Kier alpha value is -8.72. The number of hydrogen-bond acceptors (Lipinski definition) is 1. The number of anilines is 3. The first-order valence-electron chi connectivity index (χ1n) is 23.1. The SMILES string of the molecule is Cc1cccc2c1c1ccc(N(c3ccc(-c4cc(-c5ccccc5)ccc4-c4ccccc4)cc3)c3ccc(-c4ccc5ccccc5c4-c4ccccc4)cc3)cc1n2-c1ccccc1. The van der Waals surface area contributed by atoms with Crippen molar-refractivity contribution in [3.05, 3.63) is 266 Å². The smallest absolute Gasteiger partial charge is 0.0562 e. The number of para-hydroxylation sites is 1. The summed E-state index contributed by atoms with van der Waals surface area (Å²) in [5.74, 6) is 0. The number of aromatic nitrogens is 1. The molecule has 0 aliphatic carbocycles. The molecule has 0 saturated heterocycles. The lowest BCUT2D eigenvalue weighted by atomic mass is 9.89. The number of aryl methyl sites for hydroxylation is 1. The third-order valence-corrected chi connectivity index (χ3v) is 13.3. The van der Waals surface area contributed by atoms with Crippen LogP contribution in [0.3, 0.4) is 0 Å². The first-order valence-corrected chi connectivity index (χ1v) is 23.1. The number of rotatable bonds is 9. The highest BCUT2D eigenvalue weighted by atomic mass is 15.1. The Kier molecular flexibility index (Phi) is 10.1. The quantitative estimate of drug-likeness (QED) is 0.140. The Morgan fingerprint density at radius 3 is 1.54 bits per heavy atom. The van der Waals surface area contributed by atoms with Crippen molar-refractivity contribution in [1.82, 2.24) is 4.57 Å². The molecule has 0 N–H and O–H groups in total. The lowest BCUT2D eigenvalue weighted by Gasteiger charge is -2.26. The molecular formula is C65H46N2. The second-order valence-electron chi connectivity index (χ2n) is 17.3. The number of benzene rings is 11. The highest BCUT2D eigenvalue weighted by Gasteiger charge is 2.20. The second kappa shape index (κ2) is 17.0. The molecule has 0 aliphatic heterocycles. The summed E-state index contributed by atoms with van der Waals surface area (Å²) in [5.41, 5.74) is 20.0. The van der Waals surface area contributed by atoms with Gasteiger partial charge in [0, 0.05) is 33.5 Å². The average molecular weight is 855 g/mol. The van der Waals surface area contributed by atoms with Crippen LogP contribution in [0, 0.1) is 6.92 Å². The monoisotopic (exact) mass is 854 g/mol. The van der Waals surface area contributed by atoms with Crippen LogP contribution < -0.4 is 4.90 Å². The zero-order valence-corrected chi connectivity index (χ0v) is 37.2. The minimum atomic E-state index is 1.07. The molecule has 12 aromatic rings. The zero-order valence-electron chi connectivity index (χ0n) is 37.2. The third-order valence-electron chi connectivity index (χ3n) is 13.3. The fourth-order valence-corrected chi connectivity index (χ4v) is 10.1. The molecule has 12 rings (SSSR count). The lowest BCUT2D eigenvalue weighted by Crippen LogP contribution is -2.10. The lowest BCUT2D eigenvalue weighted by molar-refractivity contribution is 1.18. The molecule has 1 aromatic heterocycles. The maximum Gasteiger partial charge on any atom is 0.0562 e. The van der Waals surface area contributed by atoms with E-state index in [-0.39, 0.29) is 0 Å². The molecule has 2 nitrogen and oxygen atoms in total. The van der Waals surface area contributed by atoms with E-state index < -0.39 is 0 Å². The molecule has 1 heterocycles. The van der Waals surface area contributed by atoms with Gasteiger partial charge in [-0.25, -0.2) is 0 Å². The number of fused-ring (bicyclic) bond motifs is 4. The van der Waals surface area contributed by atoms with Crippen molar-refractivity contribution in [3.63, 3.8) is 0 Å². The van der Waals surface area contributed by atoms with Crippen molar-refractivity contribution in [2.24, 2.45) is 0 Å². The van der Waals surface area contributed by atoms with Gasteiger partial charge in [-0.2, -0.15) is 0 Å². The van der Waals surface area contributed by atoms with Crippen molar-refractivity contribution in [2.45, 2.75) is 6.92 Å². The van der Waals surface area contributed by atoms with E-state index in [9.17, 15) is 0 Å². The maximum atomic E-state index is 2.42. The van der Waals surface area contributed by atoms with Gasteiger partial charge in [0.05, 0.1) is 11.0 Å². The van der Waals surface area contributed by atoms with E-state index in [1.807, 2.05) is 0 Å². The maximum absolute atomic E-state index is 2.42. The summed E-state index contributed by atoms with van der Waals surface area (Å²) in [4.78, 5) is 2.41. The molecule has 0 fully saturated rings. The van der Waals surface area contributed by atoms with E-state index in [2.05, 4.69) is 277 Å². The van der Waals surface area contributed by atoms with Crippen LogP contribution in [0.15, 0.2) is 261 Å². The Labute approximate surface area is 391 Å². The Morgan fingerprint density at radius 1 is 0.313 bits per heavy atom. The summed E-state index contributed by atoms with van der Waals surface area (Å²) in [7, 11) is 0. The molecule has 0 aliphatic rings. The summed E-state index contributed by atoms with van der Waals surface area (Å²) >= 11 is 0. The van der Waals surface area contributed by atoms with Gasteiger partial charge in [0.15, 0.2) is 0 Å². The van der Waals surface area contributed by atoms with Crippen molar-refractivity contribution in [2.75, 3.05) is 4.90 Å². The first kappa shape index (κ1) is 39.8. The van der Waals surface area contributed by atoms with Crippen molar-refractivity contribution < 1.29 is 0 Å². The van der Waals surface area contributed by atoms with Gasteiger partial charge in [0.1, 0.15) is 0 Å². The van der Waals surface area contributed by atoms with Crippen LogP contribution in [0.2, 0.25) is 0 Å². The molecule has 0 amide bonds. The summed E-state index contributed by atoms with van der Waals surface area (Å²) in [5, 5.41) is 5.00. The molecular weight excluding hydrogens is 809 g/mol. The Balaban J connectivity index is 1.03. The minimum Gasteiger partial charge on any atom is -0.310 e. The van der Waals surface area contributed by atoms with Crippen LogP contribution in [-0.2, 0) is 0 Å². The van der Waals surface area contributed by atoms with E-state index in [4.69, 9.17) is 0 Å². The summed E-state index contributed by atoms with van der Waals surface area (Å²) < 4.78 is 2.42. The van der Waals surface area contributed by atoms with Gasteiger partial charge >= 0.3 is 0 Å². The van der Waals surface area contributed by atoms with Gasteiger partial charge in [-0.3, -0.25) is 0 Å². The highest BCUT2D eigenvalue weighted by molar-refractivity contribution is 6.12. The van der Waals surface area contributed by atoms with Crippen LogP contribution in [0.1, 0.15) is 5.56 Å². The normalized spacial score (nSPS) is 11.4. The second-order valence-corrected chi connectivity index (χ2v) is 17.3. The highest BCUT2D eigenvalue weighted by Crippen LogP contribution is 2.44. The van der Waals surface area contributed by atoms with Gasteiger partial charge in [0.2, 0.25) is 0 Å². The molecule has 0 atom stereocenters. The molecule has 316 valence electrons. The zero-order chi connectivity index (χ0) is 44.7. The van der Waals surface area contributed by atoms with E-state index in [1.165, 1.54) is 88.2 Å². The fraction of sp³-hybridized carbons (Fsp3) is 0.0154. The van der Waals surface area contributed by atoms with E-state index >= 15 is 0 Å². The van der Waals surface area contributed by atoms with Crippen LogP contribution in [0.25, 0.3) is 93.9 Å². The largest absolute Gasteiger partial charge is 0.310 e. The molecule has 0 bridgehead atoms. The summed E-state index contributed by atoms with van der Waals surface area (Å²) in [6, 6.07) is 94.9. The van der Waals surface area contributed by atoms with Crippen molar-refractivity contribution in [3.8, 4) is 61.3 Å². The summed E-state index contributed by atoms with van der Waals surface area (Å²) in [6.45, 7) is 2.22.